The second kappa shape index (κ2) is 5.40. The van der Waals surface area contributed by atoms with E-state index in [1.54, 1.807) is 6.07 Å². The van der Waals surface area contributed by atoms with Gasteiger partial charge in [0.05, 0.1) is 0 Å². The summed E-state index contributed by atoms with van der Waals surface area (Å²) < 4.78 is 0. The van der Waals surface area contributed by atoms with E-state index in [-0.39, 0.29) is 5.91 Å². The van der Waals surface area contributed by atoms with Gasteiger partial charge in [0, 0.05) is 30.4 Å². The summed E-state index contributed by atoms with van der Waals surface area (Å²) in [4.78, 5) is 14.4. The Labute approximate surface area is 108 Å². The predicted octanol–water partition coefficient (Wildman–Crippen LogP) is 1.40. The van der Waals surface area contributed by atoms with E-state index in [4.69, 9.17) is 5.73 Å². The molecule has 1 aliphatic heterocycles. The van der Waals surface area contributed by atoms with E-state index in [1.165, 1.54) is 0 Å². The van der Waals surface area contributed by atoms with Crippen molar-refractivity contribution >= 4 is 11.6 Å². The second-order valence-electron chi connectivity index (χ2n) is 4.95. The van der Waals surface area contributed by atoms with E-state index in [1.807, 2.05) is 31.0 Å². The van der Waals surface area contributed by atoms with Crippen LogP contribution in [0.4, 0.5) is 5.69 Å². The molecule has 18 heavy (non-hydrogen) atoms. The minimum atomic E-state index is 0.0970. The van der Waals surface area contributed by atoms with E-state index in [2.05, 4.69) is 5.32 Å². The number of nitrogens with one attached hydrogen (secondary N) is 1. The number of nitrogen functional groups attached to an aromatic ring is 1. The molecule has 1 amide bonds. The first kappa shape index (κ1) is 12.9. The molecule has 2 rings (SSSR count). The molecule has 1 unspecified atom stereocenters. The maximum absolute atomic E-state index is 12.5. The van der Waals surface area contributed by atoms with E-state index in [0.717, 1.165) is 37.1 Å². The summed E-state index contributed by atoms with van der Waals surface area (Å²) in [7, 11) is 1.95. The lowest BCUT2D eigenvalue weighted by atomic mass is 10.0. The highest BCUT2D eigenvalue weighted by atomic mass is 16.2. The van der Waals surface area contributed by atoms with Gasteiger partial charge in [-0.25, -0.2) is 0 Å². The lowest BCUT2D eigenvalue weighted by molar-refractivity contribution is 0.0697. The van der Waals surface area contributed by atoms with Crippen molar-refractivity contribution in [2.75, 3.05) is 25.9 Å². The molecule has 1 aliphatic rings. The van der Waals surface area contributed by atoms with E-state index >= 15 is 0 Å². The van der Waals surface area contributed by atoms with Crippen LogP contribution in [0.2, 0.25) is 0 Å². The number of likely N-dealkylation sites (tertiary alicyclic amines) is 1. The van der Waals surface area contributed by atoms with Gasteiger partial charge in [-0.1, -0.05) is 6.07 Å². The van der Waals surface area contributed by atoms with Crippen LogP contribution in [-0.2, 0) is 0 Å². The molecule has 3 N–H and O–H groups in total. The van der Waals surface area contributed by atoms with Gasteiger partial charge in [-0.05, 0) is 44.5 Å². The van der Waals surface area contributed by atoms with Gasteiger partial charge in [-0.2, -0.15) is 0 Å². The number of rotatable bonds is 2. The first-order valence-electron chi connectivity index (χ1n) is 6.44. The Morgan fingerprint density at radius 3 is 3.00 bits per heavy atom. The molecule has 1 aromatic carbocycles. The molecule has 1 saturated heterocycles. The van der Waals surface area contributed by atoms with Gasteiger partial charge >= 0.3 is 0 Å². The maximum Gasteiger partial charge on any atom is 0.254 e. The Hall–Kier alpha value is -1.55. The molecule has 1 atom stereocenters. The van der Waals surface area contributed by atoms with Crippen LogP contribution in [0.3, 0.4) is 0 Å². The number of amides is 1. The minimum Gasteiger partial charge on any atom is -0.399 e. The zero-order chi connectivity index (χ0) is 13.1. The van der Waals surface area contributed by atoms with Crippen molar-refractivity contribution in [1.82, 2.24) is 10.2 Å². The molecule has 1 fully saturated rings. The molecule has 0 spiro atoms. The number of carbonyl (C=O) groups is 1. The topological polar surface area (TPSA) is 58.4 Å². The molecular weight excluding hydrogens is 226 g/mol. The molecule has 0 radical (unpaired) electrons. The van der Waals surface area contributed by atoms with Crippen molar-refractivity contribution in [2.24, 2.45) is 0 Å². The molecule has 0 saturated carbocycles. The molecule has 1 heterocycles. The number of carbonyl (C=O) groups excluding carboxylic acids is 1. The summed E-state index contributed by atoms with van der Waals surface area (Å²) in [5.74, 6) is 0.0970. The van der Waals surface area contributed by atoms with Crippen molar-refractivity contribution in [3.63, 3.8) is 0 Å². The number of nitrogens with zero attached hydrogens (tertiary/aromatic N) is 1. The summed E-state index contributed by atoms with van der Waals surface area (Å²) in [6.45, 7) is 3.57. The molecule has 4 heteroatoms. The van der Waals surface area contributed by atoms with Crippen molar-refractivity contribution in [3.8, 4) is 0 Å². The highest BCUT2D eigenvalue weighted by Gasteiger charge is 2.24. The molecule has 0 aromatic heterocycles. The lowest BCUT2D eigenvalue weighted by Gasteiger charge is -2.33. The zero-order valence-electron chi connectivity index (χ0n) is 11.1. The van der Waals surface area contributed by atoms with Gasteiger partial charge < -0.3 is 16.0 Å². The fraction of sp³-hybridized carbons (Fsp3) is 0.500. The third kappa shape index (κ3) is 2.64. The van der Waals surface area contributed by atoms with Gasteiger partial charge in [-0.15, -0.1) is 0 Å². The zero-order valence-corrected chi connectivity index (χ0v) is 11.1. The number of hydrogen-bond acceptors (Lipinski definition) is 3. The van der Waals surface area contributed by atoms with Crippen molar-refractivity contribution in [2.45, 2.75) is 25.8 Å². The molecule has 4 nitrogen and oxygen atoms in total. The quantitative estimate of drug-likeness (QED) is 0.777. The Balaban J connectivity index is 2.17. The number of likely N-dealkylation sites (N-methyl/N-ethyl adjacent to an activating group) is 1. The molecule has 0 bridgehead atoms. The average molecular weight is 247 g/mol. The standard InChI is InChI=1S/C14H21N3O/c1-10-5-6-11(15)8-13(10)14(18)17-7-3-4-12(9-17)16-2/h5-6,8,12,16H,3-4,7,9,15H2,1-2H3. The van der Waals surface area contributed by atoms with Gasteiger partial charge in [0.1, 0.15) is 0 Å². The average Bonchev–Trinajstić information content (AvgIpc) is 2.41. The highest BCUT2D eigenvalue weighted by molar-refractivity contribution is 5.96. The summed E-state index contributed by atoms with van der Waals surface area (Å²) in [6, 6.07) is 5.92. The van der Waals surface area contributed by atoms with Crippen LogP contribution in [0.1, 0.15) is 28.8 Å². The molecule has 0 aliphatic carbocycles. The minimum absolute atomic E-state index is 0.0970. The summed E-state index contributed by atoms with van der Waals surface area (Å²) >= 11 is 0. The third-order valence-electron chi connectivity index (χ3n) is 3.61. The normalized spacial score (nSPS) is 19.9. The van der Waals surface area contributed by atoms with Crippen LogP contribution >= 0.6 is 0 Å². The summed E-state index contributed by atoms with van der Waals surface area (Å²) in [6.07, 6.45) is 2.19. The number of anilines is 1. The van der Waals surface area contributed by atoms with Crippen LogP contribution in [0, 0.1) is 6.92 Å². The van der Waals surface area contributed by atoms with E-state index in [0.29, 0.717) is 11.7 Å². The molecule has 98 valence electrons. The lowest BCUT2D eigenvalue weighted by Crippen LogP contribution is -2.47. The fourth-order valence-electron chi connectivity index (χ4n) is 2.44. The monoisotopic (exact) mass is 247 g/mol. The van der Waals surface area contributed by atoms with Crippen LogP contribution in [0.25, 0.3) is 0 Å². The van der Waals surface area contributed by atoms with Gasteiger partial charge in [-0.3, -0.25) is 4.79 Å². The third-order valence-corrected chi connectivity index (χ3v) is 3.61. The van der Waals surface area contributed by atoms with Gasteiger partial charge in [0.25, 0.3) is 5.91 Å². The van der Waals surface area contributed by atoms with Gasteiger partial charge in [0.15, 0.2) is 0 Å². The molecular formula is C14H21N3O. The Bertz CT molecular complexity index is 445. The van der Waals surface area contributed by atoms with Crippen LogP contribution in [-0.4, -0.2) is 37.0 Å². The Kier molecular flexibility index (Phi) is 3.87. The van der Waals surface area contributed by atoms with E-state index in [9.17, 15) is 4.79 Å². The first-order chi connectivity index (χ1) is 8.61. The van der Waals surface area contributed by atoms with Crippen LogP contribution < -0.4 is 11.1 Å². The first-order valence-corrected chi connectivity index (χ1v) is 6.44. The van der Waals surface area contributed by atoms with Gasteiger partial charge in [0.2, 0.25) is 0 Å². The SMILES string of the molecule is CNC1CCCN(C(=O)c2cc(N)ccc2C)C1. The fourth-order valence-corrected chi connectivity index (χ4v) is 2.44. The smallest absolute Gasteiger partial charge is 0.254 e. The van der Waals surface area contributed by atoms with Crippen LogP contribution in [0.5, 0.6) is 0 Å². The number of nitrogens with two attached hydrogens (primary N) is 1. The van der Waals surface area contributed by atoms with Crippen molar-refractivity contribution < 1.29 is 4.79 Å². The Morgan fingerprint density at radius 1 is 1.50 bits per heavy atom. The number of aryl methyl sites for hydroxylation is 1. The second-order valence-corrected chi connectivity index (χ2v) is 4.95. The summed E-state index contributed by atoms with van der Waals surface area (Å²) in [5, 5.41) is 3.25. The number of piperidine rings is 1. The van der Waals surface area contributed by atoms with E-state index < -0.39 is 0 Å². The number of hydrogen-bond donors (Lipinski definition) is 2. The van der Waals surface area contributed by atoms with Crippen molar-refractivity contribution in [3.05, 3.63) is 29.3 Å². The van der Waals surface area contributed by atoms with Crippen LogP contribution in [0.15, 0.2) is 18.2 Å². The summed E-state index contributed by atoms with van der Waals surface area (Å²) in [5.41, 5.74) is 8.13. The highest BCUT2D eigenvalue weighted by Crippen LogP contribution is 2.18. The number of benzene rings is 1. The molecule has 1 aromatic rings. The Morgan fingerprint density at radius 2 is 2.28 bits per heavy atom. The largest absolute Gasteiger partial charge is 0.399 e. The predicted molar refractivity (Wildman–Crippen MR) is 73.6 cm³/mol. The maximum atomic E-state index is 12.5. The van der Waals surface area contributed by atoms with Crippen molar-refractivity contribution in [1.29, 1.82) is 0 Å².